The Kier molecular flexibility index (Phi) is 3.44. The fourth-order valence-electron chi connectivity index (χ4n) is 2.37. The van der Waals surface area contributed by atoms with Gasteiger partial charge < -0.3 is 5.73 Å². The molecule has 0 aliphatic carbocycles. The summed E-state index contributed by atoms with van der Waals surface area (Å²) in [6, 6.07) is 17.9. The fraction of sp³-hybridized carbons (Fsp3) is 0. The lowest BCUT2D eigenvalue weighted by atomic mass is 10.3. The summed E-state index contributed by atoms with van der Waals surface area (Å²) in [5.74, 6) is 0.645. The number of fused-ring (bicyclic) bond motifs is 1. The first-order valence-corrected chi connectivity index (χ1v) is 7.90. The fourth-order valence-corrected chi connectivity index (χ4v) is 3.19. The van der Waals surface area contributed by atoms with E-state index in [1.807, 2.05) is 59.2 Å². The highest BCUT2D eigenvalue weighted by atomic mass is 32.2. The van der Waals surface area contributed by atoms with Gasteiger partial charge in [0, 0.05) is 4.90 Å². The van der Waals surface area contributed by atoms with Crippen molar-refractivity contribution in [1.29, 1.82) is 0 Å². The molecule has 2 aromatic carbocycles. The topological polar surface area (TPSA) is 69.6 Å². The number of nitrogens with two attached hydrogens (primary N) is 1. The molecule has 23 heavy (non-hydrogen) atoms. The Morgan fingerprint density at radius 1 is 0.870 bits per heavy atom. The largest absolute Gasteiger partial charge is 0.393 e. The zero-order valence-corrected chi connectivity index (χ0v) is 12.9. The molecule has 0 saturated heterocycles. The van der Waals surface area contributed by atoms with Crippen molar-refractivity contribution in [3.8, 4) is 5.82 Å². The maximum absolute atomic E-state index is 6.32. The van der Waals surface area contributed by atoms with Gasteiger partial charge in [0.05, 0.1) is 11.0 Å². The van der Waals surface area contributed by atoms with Crippen LogP contribution in [0.25, 0.3) is 16.9 Å². The van der Waals surface area contributed by atoms with Crippen LogP contribution in [-0.4, -0.2) is 19.5 Å². The predicted molar refractivity (Wildman–Crippen MR) is 91.6 cm³/mol. The summed E-state index contributed by atoms with van der Waals surface area (Å²) in [5, 5.41) is 0.735. The monoisotopic (exact) mass is 319 g/mol. The third-order valence-electron chi connectivity index (χ3n) is 3.47. The SMILES string of the molecule is Nc1c(Sc2ccccc2)ncnc1-n1cnc2ccccc21. The first-order chi connectivity index (χ1) is 11.3. The first kappa shape index (κ1) is 13.8. The van der Waals surface area contributed by atoms with Crippen molar-refractivity contribution < 1.29 is 0 Å². The molecule has 0 amide bonds. The summed E-state index contributed by atoms with van der Waals surface area (Å²) < 4.78 is 1.89. The van der Waals surface area contributed by atoms with Crippen LogP contribution in [0, 0.1) is 0 Å². The lowest BCUT2D eigenvalue weighted by Gasteiger charge is -2.10. The van der Waals surface area contributed by atoms with Gasteiger partial charge in [-0.15, -0.1) is 0 Å². The molecule has 4 aromatic rings. The number of hydrogen-bond acceptors (Lipinski definition) is 5. The lowest BCUT2D eigenvalue weighted by Crippen LogP contribution is -2.04. The second-order valence-corrected chi connectivity index (χ2v) is 6.00. The van der Waals surface area contributed by atoms with Crippen LogP contribution < -0.4 is 5.73 Å². The molecular formula is C17H13N5S. The van der Waals surface area contributed by atoms with E-state index in [4.69, 9.17) is 5.73 Å². The van der Waals surface area contributed by atoms with Gasteiger partial charge in [-0.25, -0.2) is 15.0 Å². The lowest BCUT2D eigenvalue weighted by molar-refractivity contribution is 0.960. The number of anilines is 1. The molecule has 6 heteroatoms. The average molecular weight is 319 g/mol. The van der Waals surface area contributed by atoms with E-state index in [0.29, 0.717) is 11.5 Å². The van der Waals surface area contributed by atoms with Crippen LogP contribution in [0.15, 0.2) is 77.2 Å². The molecule has 0 unspecified atom stereocenters. The number of nitrogen functional groups attached to an aromatic ring is 1. The summed E-state index contributed by atoms with van der Waals surface area (Å²) in [6.07, 6.45) is 3.27. The molecule has 2 N–H and O–H groups in total. The van der Waals surface area contributed by atoms with Gasteiger partial charge >= 0.3 is 0 Å². The van der Waals surface area contributed by atoms with Crippen LogP contribution in [0.4, 0.5) is 5.69 Å². The summed E-state index contributed by atoms with van der Waals surface area (Å²) in [6.45, 7) is 0. The third kappa shape index (κ3) is 2.53. The first-order valence-electron chi connectivity index (χ1n) is 7.09. The van der Waals surface area contributed by atoms with Gasteiger partial charge in [-0.1, -0.05) is 42.1 Å². The zero-order valence-electron chi connectivity index (χ0n) is 12.1. The number of hydrogen-bond donors (Lipinski definition) is 1. The normalized spacial score (nSPS) is 11.0. The second kappa shape index (κ2) is 5.73. The van der Waals surface area contributed by atoms with Crippen molar-refractivity contribution in [3.05, 3.63) is 67.3 Å². The van der Waals surface area contributed by atoms with E-state index in [-0.39, 0.29) is 0 Å². The van der Waals surface area contributed by atoms with Crippen molar-refractivity contribution in [2.75, 3.05) is 5.73 Å². The number of imidazole rings is 1. The molecule has 4 rings (SSSR count). The second-order valence-electron chi connectivity index (χ2n) is 4.93. The number of nitrogens with zero attached hydrogens (tertiary/aromatic N) is 4. The summed E-state index contributed by atoms with van der Waals surface area (Å²) in [5.41, 5.74) is 8.74. The smallest absolute Gasteiger partial charge is 0.166 e. The van der Waals surface area contributed by atoms with E-state index in [1.54, 1.807) is 6.33 Å². The molecule has 0 spiro atoms. The number of benzene rings is 2. The van der Waals surface area contributed by atoms with Crippen molar-refractivity contribution in [1.82, 2.24) is 19.5 Å². The molecule has 2 heterocycles. The van der Waals surface area contributed by atoms with Gasteiger partial charge in [0.25, 0.3) is 0 Å². The minimum atomic E-state index is 0.546. The third-order valence-corrected chi connectivity index (χ3v) is 4.49. The van der Waals surface area contributed by atoms with Crippen LogP contribution in [0.2, 0.25) is 0 Å². The highest BCUT2D eigenvalue weighted by Crippen LogP contribution is 2.32. The molecule has 0 saturated carbocycles. The Hall–Kier alpha value is -2.86. The van der Waals surface area contributed by atoms with Gasteiger partial charge in [-0.3, -0.25) is 4.57 Å². The van der Waals surface area contributed by atoms with Gasteiger partial charge in [0.1, 0.15) is 23.4 Å². The maximum Gasteiger partial charge on any atom is 0.166 e. The summed E-state index contributed by atoms with van der Waals surface area (Å²) >= 11 is 1.52. The quantitative estimate of drug-likeness (QED) is 0.585. The summed E-state index contributed by atoms with van der Waals surface area (Å²) in [7, 11) is 0. The van der Waals surface area contributed by atoms with Crippen molar-refractivity contribution in [2.45, 2.75) is 9.92 Å². The molecule has 0 bridgehead atoms. The molecule has 0 aliphatic heterocycles. The van der Waals surface area contributed by atoms with Crippen LogP contribution in [0.3, 0.4) is 0 Å². The highest BCUT2D eigenvalue weighted by molar-refractivity contribution is 7.99. The van der Waals surface area contributed by atoms with Crippen LogP contribution >= 0.6 is 11.8 Å². The predicted octanol–water partition coefficient (Wildman–Crippen LogP) is 3.55. The van der Waals surface area contributed by atoms with E-state index >= 15 is 0 Å². The highest BCUT2D eigenvalue weighted by Gasteiger charge is 2.13. The van der Waals surface area contributed by atoms with Gasteiger partial charge in [0.15, 0.2) is 5.82 Å². The molecule has 112 valence electrons. The number of para-hydroxylation sites is 2. The Balaban J connectivity index is 1.80. The van der Waals surface area contributed by atoms with Crippen molar-refractivity contribution >= 4 is 28.5 Å². The Morgan fingerprint density at radius 3 is 2.52 bits per heavy atom. The van der Waals surface area contributed by atoms with E-state index in [1.165, 1.54) is 18.1 Å². The standard InChI is InChI=1S/C17H13N5S/c18-15-16(22-11-21-13-8-4-5-9-14(13)22)19-10-20-17(15)23-12-6-2-1-3-7-12/h1-11H,18H2. The minimum absolute atomic E-state index is 0.546. The number of rotatable bonds is 3. The van der Waals surface area contributed by atoms with E-state index in [9.17, 15) is 0 Å². The molecule has 2 aromatic heterocycles. The molecule has 0 fully saturated rings. The van der Waals surface area contributed by atoms with Crippen molar-refractivity contribution in [3.63, 3.8) is 0 Å². The Morgan fingerprint density at radius 2 is 1.65 bits per heavy atom. The number of aromatic nitrogens is 4. The molecule has 5 nitrogen and oxygen atoms in total. The minimum Gasteiger partial charge on any atom is -0.393 e. The van der Waals surface area contributed by atoms with Crippen LogP contribution in [0.1, 0.15) is 0 Å². The van der Waals surface area contributed by atoms with Gasteiger partial charge in [-0.2, -0.15) is 0 Å². The Bertz CT molecular complexity index is 965. The van der Waals surface area contributed by atoms with E-state index < -0.39 is 0 Å². The van der Waals surface area contributed by atoms with E-state index in [0.717, 1.165) is 21.0 Å². The molecular weight excluding hydrogens is 306 g/mol. The molecule has 0 aliphatic rings. The maximum atomic E-state index is 6.32. The van der Waals surface area contributed by atoms with Crippen LogP contribution in [-0.2, 0) is 0 Å². The Labute approximate surface area is 137 Å². The van der Waals surface area contributed by atoms with Gasteiger partial charge in [-0.05, 0) is 24.3 Å². The molecule has 0 atom stereocenters. The van der Waals surface area contributed by atoms with Crippen molar-refractivity contribution in [2.24, 2.45) is 0 Å². The van der Waals surface area contributed by atoms with E-state index in [2.05, 4.69) is 15.0 Å². The van der Waals surface area contributed by atoms with Crippen LogP contribution in [0.5, 0.6) is 0 Å². The molecule has 0 radical (unpaired) electrons. The zero-order chi connectivity index (χ0) is 15.6. The summed E-state index contributed by atoms with van der Waals surface area (Å²) in [4.78, 5) is 14.1. The van der Waals surface area contributed by atoms with Gasteiger partial charge in [0.2, 0.25) is 0 Å². The average Bonchev–Trinajstić information content (AvgIpc) is 3.02.